The van der Waals surface area contributed by atoms with Gasteiger partial charge in [0.1, 0.15) is 6.04 Å². The number of hydrogen-bond acceptors (Lipinski definition) is 5. The van der Waals surface area contributed by atoms with Gasteiger partial charge in [-0.25, -0.2) is 0 Å². The van der Waals surface area contributed by atoms with Crippen molar-refractivity contribution in [2.24, 2.45) is 11.8 Å². The predicted octanol–water partition coefficient (Wildman–Crippen LogP) is 3.93. The fourth-order valence-electron chi connectivity index (χ4n) is 4.56. The summed E-state index contributed by atoms with van der Waals surface area (Å²) in [5, 5.41) is 3.15. The summed E-state index contributed by atoms with van der Waals surface area (Å²) in [7, 11) is 0. The first-order valence-electron chi connectivity index (χ1n) is 11.1. The summed E-state index contributed by atoms with van der Waals surface area (Å²) < 4.78 is 10.8. The number of fused-ring (bicyclic) bond motifs is 1. The van der Waals surface area contributed by atoms with Crippen LogP contribution in [0.5, 0.6) is 11.5 Å². The van der Waals surface area contributed by atoms with E-state index in [1.165, 1.54) is 6.42 Å². The van der Waals surface area contributed by atoms with E-state index in [4.69, 9.17) is 9.47 Å². The van der Waals surface area contributed by atoms with Crippen molar-refractivity contribution in [3.05, 3.63) is 23.8 Å². The second-order valence-electron chi connectivity index (χ2n) is 8.92. The minimum Gasteiger partial charge on any atom is -0.454 e. The standard InChI is InChI=1S/C23H32N2O4S/c1-15(2)10-21-25(23(27)17-6-4-3-5-7-17)18(13-30-21)22(26)24-12-16-8-9-19-20(11-16)29-14-28-19/h8-9,11,15,17-18,21H,3-7,10,12-14H2,1-2H3,(H,24,26). The van der Waals surface area contributed by atoms with Gasteiger partial charge in [0.2, 0.25) is 18.6 Å². The average molecular weight is 433 g/mol. The fourth-order valence-corrected chi connectivity index (χ4v) is 6.21. The number of thioether (sulfide) groups is 1. The molecule has 2 heterocycles. The second-order valence-corrected chi connectivity index (χ2v) is 10.1. The topological polar surface area (TPSA) is 67.9 Å². The van der Waals surface area contributed by atoms with Gasteiger partial charge in [0.05, 0.1) is 5.37 Å². The summed E-state index contributed by atoms with van der Waals surface area (Å²) >= 11 is 1.75. The Morgan fingerprint density at radius 2 is 1.93 bits per heavy atom. The summed E-state index contributed by atoms with van der Waals surface area (Å²) in [5.41, 5.74) is 0.960. The highest BCUT2D eigenvalue weighted by Crippen LogP contribution is 2.37. The Morgan fingerprint density at radius 3 is 2.70 bits per heavy atom. The monoisotopic (exact) mass is 432 g/mol. The number of ether oxygens (including phenoxy) is 2. The Kier molecular flexibility index (Phi) is 6.76. The normalized spacial score (nSPS) is 23.8. The first kappa shape index (κ1) is 21.3. The van der Waals surface area contributed by atoms with Crippen molar-refractivity contribution in [1.82, 2.24) is 10.2 Å². The molecule has 2 amide bonds. The van der Waals surface area contributed by atoms with Crippen molar-refractivity contribution >= 4 is 23.6 Å². The number of benzene rings is 1. The Hall–Kier alpha value is -1.89. The maximum atomic E-state index is 13.4. The first-order chi connectivity index (χ1) is 14.5. The molecule has 1 aliphatic carbocycles. The van der Waals surface area contributed by atoms with Crippen LogP contribution in [-0.2, 0) is 16.1 Å². The molecule has 2 unspecified atom stereocenters. The molecule has 1 saturated heterocycles. The SMILES string of the molecule is CC(C)CC1SCC(C(=O)NCc2ccc3c(c2)OCO3)N1C(=O)C1CCCCC1. The first-order valence-corrected chi connectivity index (χ1v) is 12.2. The third-order valence-electron chi connectivity index (χ3n) is 6.18. The van der Waals surface area contributed by atoms with Crippen molar-refractivity contribution in [2.45, 2.75) is 70.3 Å². The van der Waals surface area contributed by atoms with E-state index in [2.05, 4.69) is 19.2 Å². The minimum absolute atomic E-state index is 0.0596. The molecule has 164 valence electrons. The zero-order valence-corrected chi connectivity index (χ0v) is 18.7. The molecule has 1 aromatic carbocycles. The van der Waals surface area contributed by atoms with E-state index in [1.54, 1.807) is 11.8 Å². The molecule has 1 N–H and O–H groups in total. The molecule has 0 bridgehead atoms. The third kappa shape index (κ3) is 4.71. The summed E-state index contributed by atoms with van der Waals surface area (Å²) in [4.78, 5) is 28.4. The van der Waals surface area contributed by atoms with Gasteiger partial charge in [0, 0.05) is 18.2 Å². The Balaban J connectivity index is 1.43. The Bertz CT molecular complexity index is 778. The lowest BCUT2D eigenvalue weighted by molar-refractivity contribution is -0.144. The van der Waals surface area contributed by atoms with Crippen molar-refractivity contribution in [3.63, 3.8) is 0 Å². The number of amides is 2. The highest BCUT2D eigenvalue weighted by molar-refractivity contribution is 8.00. The highest BCUT2D eigenvalue weighted by Gasteiger charge is 2.43. The van der Waals surface area contributed by atoms with Crippen LogP contribution in [0.3, 0.4) is 0 Å². The van der Waals surface area contributed by atoms with E-state index in [-0.39, 0.29) is 35.9 Å². The van der Waals surface area contributed by atoms with Gasteiger partial charge < -0.3 is 19.7 Å². The lowest BCUT2D eigenvalue weighted by atomic mass is 9.87. The van der Waals surface area contributed by atoms with E-state index < -0.39 is 0 Å². The molecule has 1 saturated carbocycles. The van der Waals surface area contributed by atoms with Crippen LogP contribution in [0, 0.1) is 11.8 Å². The van der Waals surface area contributed by atoms with E-state index >= 15 is 0 Å². The van der Waals surface area contributed by atoms with Crippen LogP contribution in [0.15, 0.2) is 18.2 Å². The molecule has 0 spiro atoms. The number of nitrogens with one attached hydrogen (secondary N) is 1. The van der Waals surface area contributed by atoms with Gasteiger partial charge >= 0.3 is 0 Å². The summed E-state index contributed by atoms with van der Waals surface area (Å²) in [6.07, 6.45) is 6.29. The molecular formula is C23H32N2O4S. The molecule has 7 heteroatoms. The second kappa shape index (κ2) is 9.50. The Morgan fingerprint density at radius 1 is 1.17 bits per heavy atom. The molecule has 0 aromatic heterocycles. The maximum absolute atomic E-state index is 13.4. The van der Waals surface area contributed by atoms with Crippen molar-refractivity contribution in [2.75, 3.05) is 12.5 Å². The van der Waals surface area contributed by atoms with Crippen LogP contribution in [-0.4, -0.2) is 40.7 Å². The smallest absolute Gasteiger partial charge is 0.243 e. The van der Waals surface area contributed by atoms with Crippen LogP contribution < -0.4 is 14.8 Å². The lowest BCUT2D eigenvalue weighted by Gasteiger charge is -2.34. The van der Waals surface area contributed by atoms with Gasteiger partial charge in [0.15, 0.2) is 11.5 Å². The summed E-state index contributed by atoms with van der Waals surface area (Å²) in [6.45, 7) is 5.00. The maximum Gasteiger partial charge on any atom is 0.243 e. The number of rotatable bonds is 6. The van der Waals surface area contributed by atoms with E-state index in [9.17, 15) is 9.59 Å². The van der Waals surface area contributed by atoms with Crippen molar-refractivity contribution < 1.29 is 19.1 Å². The van der Waals surface area contributed by atoms with Gasteiger partial charge in [-0.2, -0.15) is 0 Å². The molecule has 4 rings (SSSR count). The van der Waals surface area contributed by atoms with E-state index in [1.807, 2.05) is 23.1 Å². The van der Waals surface area contributed by atoms with E-state index in [0.29, 0.717) is 24.0 Å². The van der Waals surface area contributed by atoms with Crippen molar-refractivity contribution in [1.29, 1.82) is 0 Å². The van der Waals surface area contributed by atoms with Crippen LogP contribution in [0.2, 0.25) is 0 Å². The van der Waals surface area contributed by atoms with Gasteiger partial charge in [-0.15, -0.1) is 11.8 Å². The van der Waals surface area contributed by atoms with Gasteiger partial charge in [-0.05, 0) is 42.9 Å². The molecule has 2 aliphatic heterocycles. The fraction of sp³-hybridized carbons (Fsp3) is 0.652. The molecule has 2 fully saturated rings. The minimum atomic E-state index is -0.387. The Labute approximate surface area is 183 Å². The molecule has 30 heavy (non-hydrogen) atoms. The van der Waals surface area contributed by atoms with Gasteiger partial charge in [-0.1, -0.05) is 39.2 Å². The number of nitrogens with zero attached hydrogens (tertiary/aromatic N) is 1. The molecule has 1 aromatic rings. The van der Waals surface area contributed by atoms with E-state index in [0.717, 1.165) is 43.4 Å². The molecular weight excluding hydrogens is 400 g/mol. The summed E-state index contributed by atoms with van der Waals surface area (Å²) in [5.74, 6) is 2.81. The predicted molar refractivity (Wildman–Crippen MR) is 117 cm³/mol. The van der Waals surface area contributed by atoms with Gasteiger partial charge in [0.25, 0.3) is 0 Å². The third-order valence-corrected chi connectivity index (χ3v) is 7.49. The zero-order chi connectivity index (χ0) is 21.1. The highest BCUT2D eigenvalue weighted by atomic mass is 32.2. The molecule has 2 atom stereocenters. The quantitative estimate of drug-likeness (QED) is 0.738. The largest absolute Gasteiger partial charge is 0.454 e. The van der Waals surface area contributed by atoms with Crippen LogP contribution in [0.4, 0.5) is 0 Å². The average Bonchev–Trinajstić information content (AvgIpc) is 3.38. The van der Waals surface area contributed by atoms with Crippen molar-refractivity contribution in [3.8, 4) is 11.5 Å². The molecule has 3 aliphatic rings. The molecule has 0 radical (unpaired) electrons. The van der Waals surface area contributed by atoms with Crippen LogP contribution in [0.25, 0.3) is 0 Å². The number of hydrogen-bond donors (Lipinski definition) is 1. The van der Waals surface area contributed by atoms with Gasteiger partial charge in [-0.3, -0.25) is 9.59 Å². The number of carbonyl (C=O) groups excluding carboxylic acids is 2. The number of carbonyl (C=O) groups is 2. The summed E-state index contributed by atoms with van der Waals surface area (Å²) in [6, 6.07) is 5.32. The van der Waals surface area contributed by atoms with Crippen LogP contribution >= 0.6 is 11.8 Å². The lowest BCUT2D eigenvalue weighted by Crippen LogP contribution is -2.51. The van der Waals surface area contributed by atoms with Crippen LogP contribution in [0.1, 0.15) is 57.9 Å². The zero-order valence-electron chi connectivity index (χ0n) is 17.9. The molecule has 6 nitrogen and oxygen atoms in total.